The number of aromatic nitrogens is 1. The third-order valence-electron chi connectivity index (χ3n) is 5.07. The summed E-state index contributed by atoms with van der Waals surface area (Å²) in [6.45, 7) is 5.95. The van der Waals surface area contributed by atoms with E-state index in [0.29, 0.717) is 11.8 Å². The number of hydrogen-bond acceptors (Lipinski definition) is 3. The van der Waals surface area contributed by atoms with Gasteiger partial charge in [0.25, 0.3) is 5.56 Å². The minimum atomic E-state index is -0.184. The molecule has 4 nitrogen and oxygen atoms in total. The smallest absolute Gasteiger partial charge is 0.269 e. The quantitative estimate of drug-likeness (QED) is 0.285. The fourth-order valence-corrected chi connectivity index (χ4v) is 4.13. The van der Waals surface area contributed by atoms with E-state index in [4.69, 9.17) is 5.73 Å². The monoisotopic (exact) mass is 470 g/mol. The molecule has 26 heavy (non-hydrogen) atoms. The Bertz CT molecular complexity index is 613. The van der Waals surface area contributed by atoms with Crippen molar-refractivity contribution in [3.8, 4) is 0 Å². The molecular weight excluding hydrogens is 439 g/mol. The van der Waals surface area contributed by atoms with Gasteiger partial charge in [-0.2, -0.15) is 0 Å². The molecule has 0 aromatic carbocycles. The first-order chi connectivity index (χ1) is 12.5. The summed E-state index contributed by atoms with van der Waals surface area (Å²) in [5.74, 6) is 0.746. The summed E-state index contributed by atoms with van der Waals surface area (Å²) in [5, 5.41) is 0. The number of amides is 1. The number of rotatable bonds is 6. The maximum atomic E-state index is 11.4. The number of nitrogens with zero attached hydrogens (tertiary/aromatic N) is 1. The highest BCUT2D eigenvalue weighted by atomic mass is 127. The van der Waals surface area contributed by atoms with Crippen molar-refractivity contribution in [1.82, 2.24) is 4.98 Å². The second-order valence-corrected chi connectivity index (χ2v) is 7.57. The number of allylic oxidation sites excluding steroid dienone is 1. The van der Waals surface area contributed by atoms with E-state index in [1.807, 2.05) is 19.1 Å². The SMILES string of the molecule is C=CC(C1CCCCCC1)C(CC)C(N)=O.O=c1ccc(CI)ccn1. The van der Waals surface area contributed by atoms with Crippen LogP contribution in [0.4, 0.5) is 0 Å². The Morgan fingerprint density at radius 3 is 2.46 bits per heavy atom. The lowest BCUT2D eigenvalue weighted by Gasteiger charge is -2.28. The highest BCUT2D eigenvalue weighted by Crippen LogP contribution is 2.34. The van der Waals surface area contributed by atoms with Crippen LogP contribution in [-0.4, -0.2) is 10.9 Å². The molecule has 1 aliphatic rings. The van der Waals surface area contributed by atoms with E-state index in [1.54, 1.807) is 6.07 Å². The van der Waals surface area contributed by atoms with Crippen LogP contribution in [0.2, 0.25) is 0 Å². The Kier molecular flexibility index (Phi) is 11.4. The van der Waals surface area contributed by atoms with Crippen molar-refractivity contribution >= 4 is 28.5 Å². The second-order valence-electron chi connectivity index (χ2n) is 6.81. The fraction of sp³-hybridized carbons (Fsp3) is 0.571. The van der Waals surface area contributed by atoms with Gasteiger partial charge in [0.1, 0.15) is 0 Å². The summed E-state index contributed by atoms with van der Waals surface area (Å²) in [7, 11) is 0. The maximum Gasteiger partial charge on any atom is 0.269 e. The van der Waals surface area contributed by atoms with E-state index in [1.165, 1.54) is 50.8 Å². The van der Waals surface area contributed by atoms with Crippen LogP contribution in [0.25, 0.3) is 0 Å². The summed E-state index contributed by atoms with van der Waals surface area (Å²) in [5.41, 5.74) is 6.42. The number of halogens is 1. The average Bonchev–Trinajstić information content (AvgIpc) is 3.02. The van der Waals surface area contributed by atoms with Gasteiger partial charge in [-0.25, -0.2) is 4.98 Å². The zero-order chi connectivity index (χ0) is 19.4. The van der Waals surface area contributed by atoms with Crippen molar-refractivity contribution in [3.05, 3.63) is 53.0 Å². The minimum absolute atomic E-state index is 0.0133. The molecule has 1 fully saturated rings. The summed E-state index contributed by atoms with van der Waals surface area (Å²) in [6.07, 6.45) is 12.1. The number of nitrogens with two attached hydrogens (primary N) is 1. The molecule has 1 aromatic rings. The van der Waals surface area contributed by atoms with Gasteiger partial charge in [-0.15, -0.1) is 6.58 Å². The zero-order valence-corrected chi connectivity index (χ0v) is 17.9. The fourth-order valence-electron chi connectivity index (χ4n) is 3.62. The summed E-state index contributed by atoms with van der Waals surface area (Å²) < 4.78 is 0.910. The first-order valence-electron chi connectivity index (χ1n) is 9.46. The topological polar surface area (TPSA) is 73.1 Å². The first-order valence-corrected chi connectivity index (χ1v) is 11.0. The van der Waals surface area contributed by atoms with Gasteiger partial charge in [0.2, 0.25) is 5.91 Å². The van der Waals surface area contributed by atoms with Gasteiger partial charge in [0.05, 0.1) is 0 Å². The lowest BCUT2D eigenvalue weighted by atomic mass is 9.76. The van der Waals surface area contributed by atoms with Crippen LogP contribution < -0.4 is 11.3 Å². The van der Waals surface area contributed by atoms with Gasteiger partial charge >= 0.3 is 0 Å². The molecule has 0 radical (unpaired) electrons. The first kappa shape index (κ1) is 22.8. The molecule has 5 heteroatoms. The van der Waals surface area contributed by atoms with Gasteiger partial charge < -0.3 is 5.73 Å². The van der Waals surface area contributed by atoms with Crippen molar-refractivity contribution in [3.63, 3.8) is 0 Å². The standard InChI is InChI=1S/C14H25NO.C7H6INO/c1-3-12(13(4-2)14(15)16)11-9-7-5-6-8-10-11;8-5-6-1-2-7(10)9-4-3-6/h3,11-13H,1,4-10H2,2H3,(H2,15,16);1-4H,5H2. The van der Waals surface area contributed by atoms with Crippen LogP contribution in [0.15, 0.2) is 41.8 Å². The summed E-state index contributed by atoms with van der Waals surface area (Å²) in [4.78, 5) is 25.6. The summed E-state index contributed by atoms with van der Waals surface area (Å²) >= 11 is 2.24. The van der Waals surface area contributed by atoms with Crippen molar-refractivity contribution in [2.45, 2.75) is 56.3 Å². The van der Waals surface area contributed by atoms with Crippen LogP contribution in [-0.2, 0) is 9.22 Å². The Labute approximate surface area is 170 Å². The minimum Gasteiger partial charge on any atom is -0.369 e. The Hall–Kier alpha value is -1.24. The van der Waals surface area contributed by atoms with Crippen molar-refractivity contribution in [1.29, 1.82) is 0 Å². The van der Waals surface area contributed by atoms with Crippen molar-refractivity contribution in [2.75, 3.05) is 0 Å². The van der Waals surface area contributed by atoms with E-state index in [9.17, 15) is 9.59 Å². The molecule has 1 aliphatic carbocycles. The molecule has 0 bridgehead atoms. The number of carbonyl (C=O) groups excluding carboxylic acids is 1. The van der Waals surface area contributed by atoms with E-state index in [0.717, 1.165) is 16.4 Å². The molecule has 2 atom stereocenters. The number of hydrogen-bond donors (Lipinski definition) is 1. The number of alkyl halides is 1. The molecule has 2 rings (SSSR count). The molecule has 144 valence electrons. The van der Waals surface area contributed by atoms with E-state index >= 15 is 0 Å². The van der Waals surface area contributed by atoms with E-state index in [2.05, 4.69) is 34.2 Å². The highest BCUT2D eigenvalue weighted by molar-refractivity contribution is 14.1. The second kappa shape index (κ2) is 13.0. The number of carbonyl (C=O) groups is 1. The third-order valence-corrected chi connectivity index (χ3v) is 5.95. The van der Waals surface area contributed by atoms with E-state index in [-0.39, 0.29) is 17.4 Å². The van der Waals surface area contributed by atoms with Crippen LogP contribution in [0.1, 0.15) is 57.4 Å². The molecule has 1 saturated carbocycles. The van der Waals surface area contributed by atoms with Gasteiger partial charge in [-0.3, -0.25) is 9.59 Å². The Morgan fingerprint density at radius 2 is 1.96 bits per heavy atom. The molecule has 2 N–H and O–H groups in total. The maximum absolute atomic E-state index is 11.4. The normalized spacial score (nSPS) is 17.2. The zero-order valence-electron chi connectivity index (χ0n) is 15.7. The number of primary amides is 1. The summed E-state index contributed by atoms with van der Waals surface area (Å²) in [6, 6.07) is 5.11. The lowest BCUT2D eigenvalue weighted by Crippen LogP contribution is -2.32. The van der Waals surface area contributed by atoms with Crippen LogP contribution in [0.5, 0.6) is 0 Å². The Balaban J connectivity index is 0.000000289. The molecule has 1 heterocycles. The van der Waals surface area contributed by atoms with E-state index < -0.39 is 0 Å². The largest absolute Gasteiger partial charge is 0.369 e. The molecule has 0 spiro atoms. The van der Waals surface area contributed by atoms with Gasteiger partial charge in [0.15, 0.2) is 0 Å². The molecule has 0 aliphatic heterocycles. The average molecular weight is 470 g/mol. The van der Waals surface area contributed by atoms with Crippen molar-refractivity contribution < 1.29 is 4.79 Å². The van der Waals surface area contributed by atoms with Gasteiger partial charge in [-0.1, -0.05) is 67.3 Å². The highest BCUT2D eigenvalue weighted by Gasteiger charge is 2.29. The predicted octanol–water partition coefficient (Wildman–Crippen LogP) is 4.65. The predicted molar refractivity (Wildman–Crippen MR) is 116 cm³/mol. The van der Waals surface area contributed by atoms with Gasteiger partial charge in [0, 0.05) is 22.6 Å². The molecule has 0 saturated heterocycles. The lowest BCUT2D eigenvalue weighted by molar-refractivity contribution is -0.123. The molecule has 1 aromatic heterocycles. The van der Waals surface area contributed by atoms with Crippen molar-refractivity contribution in [2.24, 2.45) is 23.5 Å². The third kappa shape index (κ3) is 7.98. The van der Waals surface area contributed by atoms with Gasteiger partial charge in [-0.05, 0) is 42.7 Å². The van der Waals surface area contributed by atoms with Crippen LogP contribution >= 0.6 is 22.6 Å². The molecule has 1 amide bonds. The Morgan fingerprint density at radius 1 is 1.31 bits per heavy atom. The van der Waals surface area contributed by atoms with Crippen LogP contribution in [0.3, 0.4) is 0 Å². The molecular formula is C21H31IN2O2. The molecule has 2 unspecified atom stereocenters. The van der Waals surface area contributed by atoms with Crippen LogP contribution in [0, 0.1) is 17.8 Å².